The van der Waals surface area contributed by atoms with Crippen molar-refractivity contribution in [2.24, 2.45) is 0 Å². The van der Waals surface area contributed by atoms with Gasteiger partial charge in [0, 0.05) is 18.6 Å². The maximum absolute atomic E-state index is 10.1. The van der Waals surface area contributed by atoms with E-state index in [1.54, 1.807) is 0 Å². The van der Waals surface area contributed by atoms with Crippen molar-refractivity contribution in [3.05, 3.63) is 56.6 Å². The summed E-state index contributed by atoms with van der Waals surface area (Å²) in [5.74, 6) is -3.06. The molecule has 0 heterocycles. The van der Waals surface area contributed by atoms with E-state index < -0.39 is 50.2 Å². The van der Waals surface area contributed by atoms with Gasteiger partial charge < -0.3 is 25.5 Å². The molecule has 12 heteroatoms. The van der Waals surface area contributed by atoms with Crippen molar-refractivity contribution in [3.8, 4) is 23.0 Å². The van der Waals surface area contributed by atoms with Crippen LogP contribution in [-0.4, -0.2) is 41.3 Å². The number of aromatic hydroxyl groups is 4. The Morgan fingerprint density at radius 1 is 0.862 bits per heavy atom. The molecular weight excluding hydrogens is 392 g/mol. The highest BCUT2D eigenvalue weighted by Gasteiger charge is 2.15. The second-order valence-corrected chi connectivity index (χ2v) is 5.30. The van der Waals surface area contributed by atoms with Crippen molar-refractivity contribution in [1.82, 2.24) is 0 Å². The average molecular weight is 412 g/mol. The number of nitro benzene ring substituents is 2. The first kappa shape index (κ1) is 24.9. The van der Waals surface area contributed by atoms with Crippen molar-refractivity contribution in [1.29, 1.82) is 0 Å². The number of hydrogen-bond acceptors (Lipinski definition) is 9. The van der Waals surface area contributed by atoms with Crippen LogP contribution in [0.4, 0.5) is 11.4 Å². The summed E-state index contributed by atoms with van der Waals surface area (Å²) < 4.78 is 0. The third-order valence-electron chi connectivity index (χ3n) is 3.12. The molecule has 0 saturated heterocycles. The van der Waals surface area contributed by atoms with Crippen LogP contribution in [0, 0.1) is 20.2 Å². The van der Waals surface area contributed by atoms with Crippen LogP contribution in [0.5, 0.6) is 23.0 Å². The zero-order chi connectivity index (χ0) is 22.6. The number of rotatable bonds is 5. The van der Waals surface area contributed by atoms with Crippen LogP contribution in [0.2, 0.25) is 0 Å². The van der Waals surface area contributed by atoms with Crippen LogP contribution in [0.3, 0.4) is 0 Å². The lowest BCUT2D eigenvalue weighted by Gasteiger charge is -1.96. The summed E-state index contributed by atoms with van der Waals surface area (Å²) in [6, 6.07) is 7.12. The van der Waals surface area contributed by atoms with E-state index in [-0.39, 0.29) is 0 Å². The van der Waals surface area contributed by atoms with Crippen LogP contribution in [0.25, 0.3) is 0 Å². The molecule has 12 nitrogen and oxygen atoms in total. The maximum atomic E-state index is 10.1. The van der Waals surface area contributed by atoms with Gasteiger partial charge in [-0.15, -0.1) is 0 Å². The normalized spacial score (nSPS) is 9.28. The number of phenolic OH excluding ortho intramolecular Hbond substituents is 4. The quantitative estimate of drug-likeness (QED) is 0.275. The number of nitrogens with zero attached hydrogens (tertiary/aromatic N) is 2. The Hall–Kier alpha value is -4.09. The third kappa shape index (κ3) is 8.90. The molecule has 0 fully saturated rings. The zero-order valence-electron chi connectivity index (χ0n) is 15.3. The first-order valence-corrected chi connectivity index (χ1v) is 8.05. The minimum absolute atomic E-state index is 0.316. The van der Waals surface area contributed by atoms with Gasteiger partial charge in [-0.1, -0.05) is 25.5 Å². The number of hydrogen-bond donors (Lipinski definition) is 5. The molecule has 158 valence electrons. The fraction of sp³-hybridized carbons (Fsp3) is 0.235. The molecule has 0 aliphatic rings. The molecule has 5 N–H and O–H groups in total. The maximum Gasteiger partial charge on any atom is 0.314 e. The second kappa shape index (κ2) is 12.3. The molecule has 0 saturated carbocycles. The lowest BCUT2D eigenvalue weighted by molar-refractivity contribution is -0.386. The minimum atomic E-state index is -0.769. The predicted molar refractivity (Wildman–Crippen MR) is 100 cm³/mol. The number of aliphatic carboxylic acids is 1. The topological polar surface area (TPSA) is 204 Å². The van der Waals surface area contributed by atoms with Gasteiger partial charge in [-0.3, -0.25) is 25.0 Å². The first-order chi connectivity index (χ1) is 13.5. The molecule has 0 unspecified atom stereocenters. The summed E-state index contributed by atoms with van der Waals surface area (Å²) in [6.45, 7) is 1.98. The van der Waals surface area contributed by atoms with Gasteiger partial charge in [-0.25, -0.2) is 0 Å². The Kier molecular flexibility index (Phi) is 10.6. The van der Waals surface area contributed by atoms with E-state index in [1.807, 2.05) is 6.92 Å². The van der Waals surface area contributed by atoms with E-state index in [1.165, 1.54) is 24.3 Å². The highest BCUT2D eigenvalue weighted by atomic mass is 16.6. The van der Waals surface area contributed by atoms with E-state index >= 15 is 0 Å². The summed E-state index contributed by atoms with van der Waals surface area (Å²) in [6.07, 6.45) is 2.08. The molecule has 2 rings (SSSR count). The van der Waals surface area contributed by atoms with E-state index in [2.05, 4.69) is 0 Å². The fourth-order valence-electron chi connectivity index (χ4n) is 1.66. The van der Waals surface area contributed by atoms with E-state index in [4.69, 9.17) is 25.5 Å². The molecule has 0 spiro atoms. The minimum Gasteiger partial charge on any atom is -0.504 e. The standard InChI is InChI=1S/2C6H5NO4.C5H10O2/c2*8-5-3-1-2-4(6(5)9)7(10)11;1-2-3-4-5(6)7/h2*1-3,8-9H;2-4H2,1H3,(H,6,7). The number of para-hydroxylation sites is 2. The van der Waals surface area contributed by atoms with Crippen molar-refractivity contribution in [3.63, 3.8) is 0 Å². The highest BCUT2D eigenvalue weighted by molar-refractivity contribution is 5.66. The Balaban J connectivity index is 0.000000419. The predicted octanol–water partition coefficient (Wildman–Crippen LogP) is 3.27. The molecular formula is C17H20N2O10. The van der Waals surface area contributed by atoms with Gasteiger partial charge in [0.1, 0.15) is 0 Å². The van der Waals surface area contributed by atoms with E-state index in [0.29, 0.717) is 6.42 Å². The Morgan fingerprint density at radius 3 is 1.45 bits per heavy atom. The Bertz CT molecular complexity index is 793. The summed E-state index contributed by atoms with van der Waals surface area (Å²) in [5, 5.41) is 63.6. The summed E-state index contributed by atoms with van der Waals surface area (Å²) in [7, 11) is 0. The number of benzene rings is 2. The summed E-state index contributed by atoms with van der Waals surface area (Å²) in [5.41, 5.74) is -0.991. The SMILES string of the molecule is CCCCC(=O)O.O=[N+]([O-])c1cccc(O)c1O.O=[N+]([O-])c1cccc(O)c1O. The first-order valence-electron chi connectivity index (χ1n) is 8.05. The van der Waals surface area contributed by atoms with Gasteiger partial charge >= 0.3 is 17.3 Å². The highest BCUT2D eigenvalue weighted by Crippen LogP contribution is 2.34. The molecule has 0 amide bonds. The van der Waals surface area contributed by atoms with Gasteiger partial charge in [0.25, 0.3) is 0 Å². The fourth-order valence-corrected chi connectivity index (χ4v) is 1.66. The van der Waals surface area contributed by atoms with Gasteiger partial charge in [0.05, 0.1) is 9.85 Å². The number of carboxylic acids is 1. The number of unbranched alkanes of at least 4 members (excludes halogenated alkanes) is 1. The molecule has 0 aromatic heterocycles. The number of nitro groups is 2. The Morgan fingerprint density at radius 2 is 1.24 bits per heavy atom. The van der Waals surface area contributed by atoms with E-state index in [9.17, 15) is 25.0 Å². The lowest BCUT2D eigenvalue weighted by atomic mass is 10.3. The van der Waals surface area contributed by atoms with Crippen LogP contribution >= 0.6 is 0 Å². The Labute approximate surface area is 164 Å². The smallest absolute Gasteiger partial charge is 0.314 e. The van der Waals surface area contributed by atoms with Crippen molar-refractivity contribution in [2.45, 2.75) is 26.2 Å². The summed E-state index contributed by atoms with van der Waals surface area (Å²) in [4.78, 5) is 28.4. The van der Waals surface area contributed by atoms with Gasteiger partial charge in [-0.2, -0.15) is 0 Å². The average Bonchev–Trinajstić information content (AvgIpc) is 2.65. The number of carboxylic acid groups (broad SMARTS) is 1. The largest absolute Gasteiger partial charge is 0.504 e. The van der Waals surface area contributed by atoms with Gasteiger partial charge in [0.15, 0.2) is 11.5 Å². The van der Waals surface area contributed by atoms with Crippen LogP contribution in [-0.2, 0) is 4.79 Å². The van der Waals surface area contributed by atoms with Crippen molar-refractivity contribution in [2.75, 3.05) is 0 Å². The molecule has 0 bridgehead atoms. The monoisotopic (exact) mass is 412 g/mol. The molecule has 2 aromatic rings. The van der Waals surface area contributed by atoms with Crippen LogP contribution in [0.15, 0.2) is 36.4 Å². The van der Waals surface area contributed by atoms with Crippen molar-refractivity contribution < 1.29 is 40.2 Å². The summed E-state index contributed by atoms with van der Waals surface area (Å²) >= 11 is 0. The number of phenols is 4. The zero-order valence-corrected chi connectivity index (χ0v) is 15.3. The molecule has 0 radical (unpaired) electrons. The number of carbonyl (C=O) groups is 1. The molecule has 2 aromatic carbocycles. The molecule has 0 aliphatic carbocycles. The lowest BCUT2D eigenvalue weighted by Crippen LogP contribution is -1.91. The second-order valence-electron chi connectivity index (χ2n) is 5.30. The molecule has 0 atom stereocenters. The molecule has 0 aliphatic heterocycles. The van der Waals surface area contributed by atoms with Crippen molar-refractivity contribution >= 4 is 17.3 Å². The van der Waals surface area contributed by atoms with Gasteiger partial charge in [0.2, 0.25) is 11.5 Å². The third-order valence-corrected chi connectivity index (χ3v) is 3.12. The van der Waals surface area contributed by atoms with Crippen LogP contribution < -0.4 is 0 Å². The van der Waals surface area contributed by atoms with Gasteiger partial charge in [-0.05, 0) is 18.6 Å². The molecule has 29 heavy (non-hydrogen) atoms. The van der Waals surface area contributed by atoms with Crippen LogP contribution in [0.1, 0.15) is 26.2 Å². The van der Waals surface area contributed by atoms with E-state index in [0.717, 1.165) is 25.0 Å².